The number of hydrogen-bond acceptors (Lipinski definition) is 3. The molecule has 9 heteroatoms. The van der Waals surface area contributed by atoms with E-state index in [9.17, 15) is 17.6 Å². The second kappa shape index (κ2) is 10.3. The van der Waals surface area contributed by atoms with Crippen LogP contribution in [0.15, 0.2) is 66.7 Å². The molecule has 3 aromatic rings. The third kappa shape index (κ3) is 6.45. The fourth-order valence-electron chi connectivity index (χ4n) is 3.04. The molecule has 0 atom stereocenters. The molecule has 0 aliphatic carbocycles. The molecule has 0 aromatic heterocycles. The first-order valence-electron chi connectivity index (χ1n) is 9.68. The molecule has 0 saturated heterocycles. The Hall–Kier alpha value is -2.61. The van der Waals surface area contributed by atoms with E-state index in [1.807, 2.05) is 0 Å². The molecule has 168 valence electrons. The van der Waals surface area contributed by atoms with E-state index in [0.29, 0.717) is 34.8 Å². The summed E-state index contributed by atoms with van der Waals surface area (Å²) < 4.78 is 38.8. The van der Waals surface area contributed by atoms with E-state index >= 15 is 0 Å². The molecule has 3 rings (SSSR count). The summed E-state index contributed by atoms with van der Waals surface area (Å²) in [5.41, 5.74) is 2.47. The molecule has 0 bridgehead atoms. The van der Waals surface area contributed by atoms with E-state index in [2.05, 4.69) is 5.32 Å². The molecule has 0 unspecified atom stereocenters. The second-order valence-electron chi connectivity index (χ2n) is 7.20. The Morgan fingerprint density at radius 1 is 0.938 bits per heavy atom. The van der Waals surface area contributed by atoms with Crippen molar-refractivity contribution in [2.24, 2.45) is 0 Å². The monoisotopic (exact) mass is 494 g/mol. The summed E-state index contributed by atoms with van der Waals surface area (Å²) in [7, 11) is -3.58. The van der Waals surface area contributed by atoms with Crippen molar-refractivity contribution in [1.29, 1.82) is 0 Å². The summed E-state index contributed by atoms with van der Waals surface area (Å²) >= 11 is 12.0. The zero-order chi connectivity index (χ0) is 23.3. The molecule has 0 fully saturated rings. The quantitative estimate of drug-likeness (QED) is 0.475. The maximum absolute atomic E-state index is 12.9. The average Bonchev–Trinajstić information content (AvgIpc) is 2.75. The molecule has 1 amide bonds. The Morgan fingerprint density at radius 2 is 1.56 bits per heavy atom. The smallest absolute Gasteiger partial charge is 0.251 e. The normalized spacial score (nSPS) is 11.2. The number of rotatable bonds is 8. The lowest BCUT2D eigenvalue weighted by Gasteiger charge is -2.23. The molecule has 0 saturated carbocycles. The summed E-state index contributed by atoms with van der Waals surface area (Å²) in [5.74, 6) is -0.547. The Bertz CT molecular complexity index is 1200. The summed E-state index contributed by atoms with van der Waals surface area (Å²) in [4.78, 5) is 12.4. The zero-order valence-corrected chi connectivity index (χ0v) is 19.5. The van der Waals surface area contributed by atoms with Crippen LogP contribution in [0.2, 0.25) is 10.0 Å². The van der Waals surface area contributed by atoms with Gasteiger partial charge in [0, 0.05) is 12.1 Å². The molecule has 0 heterocycles. The first kappa shape index (κ1) is 24.0. The minimum Gasteiger partial charge on any atom is -0.352 e. The van der Waals surface area contributed by atoms with Crippen molar-refractivity contribution in [3.8, 4) is 0 Å². The minimum absolute atomic E-state index is 0.0727. The summed E-state index contributed by atoms with van der Waals surface area (Å²) in [6, 6.07) is 17.4. The van der Waals surface area contributed by atoms with E-state index < -0.39 is 10.0 Å². The van der Waals surface area contributed by atoms with Gasteiger partial charge in [-0.3, -0.25) is 9.10 Å². The van der Waals surface area contributed by atoms with Gasteiger partial charge in [0.05, 0.1) is 28.5 Å². The molecule has 0 spiro atoms. The van der Waals surface area contributed by atoms with E-state index in [-0.39, 0.29) is 23.3 Å². The maximum Gasteiger partial charge on any atom is 0.251 e. The maximum atomic E-state index is 12.9. The van der Waals surface area contributed by atoms with Gasteiger partial charge in [-0.1, -0.05) is 47.5 Å². The molecule has 0 aliphatic rings. The predicted molar refractivity (Wildman–Crippen MR) is 126 cm³/mol. The van der Waals surface area contributed by atoms with Crippen LogP contribution < -0.4 is 9.62 Å². The van der Waals surface area contributed by atoms with Crippen LogP contribution in [0.1, 0.15) is 21.5 Å². The summed E-state index contributed by atoms with van der Waals surface area (Å²) in [5, 5.41) is 3.40. The number of sulfonamides is 1. The highest BCUT2D eigenvalue weighted by Crippen LogP contribution is 2.29. The van der Waals surface area contributed by atoms with Crippen LogP contribution in [0.4, 0.5) is 10.1 Å². The average molecular weight is 495 g/mol. The van der Waals surface area contributed by atoms with Gasteiger partial charge in [-0.05, 0) is 60.0 Å². The molecule has 3 aromatic carbocycles. The highest BCUT2D eigenvalue weighted by Gasteiger charge is 2.19. The second-order valence-corrected chi connectivity index (χ2v) is 9.92. The van der Waals surface area contributed by atoms with E-state index in [1.54, 1.807) is 42.5 Å². The number of halogens is 3. The number of amides is 1. The topological polar surface area (TPSA) is 66.5 Å². The number of nitrogens with one attached hydrogen (secondary N) is 1. The number of carbonyl (C=O) groups is 1. The highest BCUT2D eigenvalue weighted by molar-refractivity contribution is 7.92. The number of anilines is 1. The van der Waals surface area contributed by atoms with Crippen molar-refractivity contribution in [2.75, 3.05) is 17.1 Å². The summed E-state index contributed by atoms with van der Waals surface area (Å²) in [6.07, 6.45) is 1.69. The Morgan fingerprint density at radius 3 is 2.16 bits per heavy atom. The molecule has 1 N–H and O–H groups in total. The Balaban J connectivity index is 1.64. The van der Waals surface area contributed by atoms with Gasteiger partial charge >= 0.3 is 0 Å². The fraction of sp³-hybridized carbons (Fsp3) is 0.174. The molecule has 0 aliphatic heterocycles. The molecular weight excluding hydrogens is 474 g/mol. The molecular formula is C23H21Cl2FN2O3S. The van der Waals surface area contributed by atoms with Gasteiger partial charge in [0.1, 0.15) is 5.82 Å². The van der Waals surface area contributed by atoms with Crippen molar-refractivity contribution in [2.45, 2.75) is 13.0 Å². The van der Waals surface area contributed by atoms with Crippen LogP contribution in [0.5, 0.6) is 0 Å². The standard InChI is InChI=1S/C23H21Cl2FN2O3S/c1-32(30,31)28(20-10-11-21(24)22(25)14-20)15-17-2-6-18(7-3-17)23(29)27-13-12-16-4-8-19(26)9-5-16/h2-11,14H,12-13,15H2,1H3,(H,27,29). The first-order valence-corrected chi connectivity index (χ1v) is 12.3. The minimum atomic E-state index is -3.58. The number of hydrogen-bond donors (Lipinski definition) is 1. The summed E-state index contributed by atoms with van der Waals surface area (Å²) in [6.45, 7) is 0.481. The SMILES string of the molecule is CS(=O)(=O)N(Cc1ccc(C(=O)NCCc2ccc(F)cc2)cc1)c1ccc(Cl)c(Cl)c1. The van der Waals surface area contributed by atoms with Crippen LogP contribution in [0.3, 0.4) is 0 Å². The van der Waals surface area contributed by atoms with Crippen LogP contribution >= 0.6 is 23.2 Å². The van der Waals surface area contributed by atoms with E-state index in [0.717, 1.165) is 11.8 Å². The van der Waals surface area contributed by atoms with Crippen molar-refractivity contribution in [1.82, 2.24) is 5.32 Å². The molecule has 0 radical (unpaired) electrons. The lowest BCUT2D eigenvalue weighted by Crippen LogP contribution is -2.29. The number of benzene rings is 3. The van der Waals surface area contributed by atoms with Gasteiger partial charge in [-0.15, -0.1) is 0 Å². The van der Waals surface area contributed by atoms with Gasteiger partial charge < -0.3 is 5.32 Å². The van der Waals surface area contributed by atoms with Crippen LogP contribution in [0.25, 0.3) is 0 Å². The van der Waals surface area contributed by atoms with E-state index in [1.165, 1.54) is 28.6 Å². The van der Waals surface area contributed by atoms with Gasteiger partial charge in [-0.2, -0.15) is 0 Å². The lowest BCUT2D eigenvalue weighted by molar-refractivity contribution is 0.0954. The third-order valence-electron chi connectivity index (χ3n) is 4.75. The van der Waals surface area contributed by atoms with Crippen molar-refractivity contribution in [3.05, 3.63) is 99.3 Å². The zero-order valence-electron chi connectivity index (χ0n) is 17.2. The van der Waals surface area contributed by atoms with Crippen molar-refractivity contribution < 1.29 is 17.6 Å². The van der Waals surface area contributed by atoms with Gasteiger partial charge in [0.25, 0.3) is 5.91 Å². The first-order chi connectivity index (χ1) is 15.1. The molecule has 32 heavy (non-hydrogen) atoms. The fourth-order valence-corrected chi connectivity index (χ4v) is 4.21. The number of carbonyl (C=O) groups excluding carboxylic acids is 1. The van der Waals surface area contributed by atoms with Gasteiger partial charge in [0.15, 0.2) is 0 Å². The van der Waals surface area contributed by atoms with Crippen LogP contribution in [-0.2, 0) is 23.0 Å². The lowest BCUT2D eigenvalue weighted by atomic mass is 10.1. The van der Waals surface area contributed by atoms with Gasteiger partial charge in [-0.25, -0.2) is 12.8 Å². The number of nitrogens with zero attached hydrogens (tertiary/aromatic N) is 1. The Kier molecular flexibility index (Phi) is 7.77. The van der Waals surface area contributed by atoms with Gasteiger partial charge in [0.2, 0.25) is 10.0 Å². The highest BCUT2D eigenvalue weighted by atomic mass is 35.5. The Labute approximate surface area is 196 Å². The van der Waals surface area contributed by atoms with Crippen LogP contribution in [0, 0.1) is 5.82 Å². The predicted octanol–water partition coefficient (Wildman–Crippen LogP) is 5.07. The third-order valence-corrected chi connectivity index (χ3v) is 6.63. The van der Waals surface area contributed by atoms with Crippen molar-refractivity contribution >= 4 is 44.8 Å². The molecule has 5 nitrogen and oxygen atoms in total. The van der Waals surface area contributed by atoms with Crippen molar-refractivity contribution in [3.63, 3.8) is 0 Å². The largest absolute Gasteiger partial charge is 0.352 e. The van der Waals surface area contributed by atoms with Crippen LogP contribution in [-0.4, -0.2) is 27.1 Å². The van der Waals surface area contributed by atoms with E-state index in [4.69, 9.17) is 23.2 Å².